The summed E-state index contributed by atoms with van der Waals surface area (Å²) in [5, 5.41) is 0.668. The summed E-state index contributed by atoms with van der Waals surface area (Å²) in [5.41, 5.74) is 5.84. The van der Waals surface area contributed by atoms with Crippen LogP contribution in [-0.4, -0.2) is 9.55 Å². The number of para-hydroxylation sites is 1. The lowest BCUT2D eigenvalue weighted by Crippen LogP contribution is -2.22. The Hall–Kier alpha value is -2.42. The van der Waals surface area contributed by atoms with E-state index in [1.807, 2.05) is 24.3 Å². The van der Waals surface area contributed by atoms with Crippen molar-refractivity contribution < 1.29 is 0 Å². The van der Waals surface area contributed by atoms with E-state index in [9.17, 15) is 4.79 Å². The molecule has 0 atom stereocenters. The van der Waals surface area contributed by atoms with Crippen LogP contribution in [0.4, 0.5) is 0 Å². The topological polar surface area (TPSA) is 34.9 Å². The van der Waals surface area contributed by atoms with Gasteiger partial charge in [-0.1, -0.05) is 45.0 Å². The van der Waals surface area contributed by atoms with Crippen LogP contribution >= 0.6 is 0 Å². The van der Waals surface area contributed by atoms with E-state index < -0.39 is 0 Å². The Labute approximate surface area is 143 Å². The Bertz CT molecular complexity index is 938. The summed E-state index contributed by atoms with van der Waals surface area (Å²) in [6.07, 6.45) is 1.65. The molecule has 0 radical (unpaired) electrons. The zero-order valence-corrected chi connectivity index (χ0v) is 15.1. The second kappa shape index (κ2) is 5.90. The molecule has 0 fully saturated rings. The number of aryl methyl sites for hydroxylation is 2. The molecule has 124 valence electrons. The minimum absolute atomic E-state index is 0.0132. The number of hydrogen-bond acceptors (Lipinski definition) is 2. The van der Waals surface area contributed by atoms with Gasteiger partial charge < -0.3 is 0 Å². The first-order valence-corrected chi connectivity index (χ1v) is 8.32. The molecule has 0 amide bonds. The van der Waals surface area contributed by atoms with Crippen molar-refractivity contribution in [2.75, 3.05) is 0 Å². The van der Waals surface area contributed by atoms with Gasteiger partial charge in [0.15, 0.2) is 0 Å². The summed E-state index contributed by atoms with van der Waals surface area (Å²) in [6, 6.07) is 12.0. The van der Waals surface area contributed by atoms with Gasteiger partial charge in [0.25, 0.3) is 5.56 Å². The van der Waals surface area contributed by atoms with Gasteiger partial charge in [0.1, 0.15) is 0 Å². The monoisotopic (exact) mass is 320 g/mol. The van der Waals surface area contributed by atoms with Crippen LogP contribution in [0, 0.1) is 13.8 Å². The quantitative estimate of drug-likeness (QED) is 0.703. The van der Waals surface area contributed by atoms with Gasteiger partial charge in [-0.3, -0.25) is 9.36 Å². The normalized spacial score (nSPS) is 11.9. The maximum Gasteiger partial charge on any atom is 0.261 e. The van der Waals surface area contributed by atoms with Crippen molar-refractivity contribution in [3.05, 3.63) is 75.3 Å². The van der Waals surface area contributed by atoms with Crippen LogP contribution in [0.25, 0.3) is 10.9 Å². The molecule has 0 bridgehead atoms. The molecule has 0 unspecified atom stereocenters. The summed E-state index contributed by atoms with van der Waals surface area (Å²) in [7, 11) is 0. The number of hydrogen-bond donors (Lipinski definition) is 0. The highest BCUT2D eigenvalue weighted by Crippen LogP contribution is 2.27. The average Bonchev–Trinajstić information content (AvgIpc) is 2.52. The van der Waals surface area contributed by atoms with Gasteiger partial charge in [0.05, 0.1) is 23.8 Å². The summed E-state index contributed by atoms with van der Waals surface area (Å²) in [5.74, 6) is 0. The van der Waals surface area contributed by atoms with Crippen LogP contribution in [0.1, 0.15) is 43.0 Å². The first-order valence-electron chi connectivity index (χ1n) is 8.32. The lowest BCUT2D eigenvalue weighted by atomic mass is 9.84. The van der Waals surface area contributed by atoms with E-state index in [2.05, 4.69) is 51.7 Å². The highest BCUT2D eigenvalue weighted by atomic mass is 16.1. The minimum atomic E-state index is 0.0132. The van der Waals surface area contributed by atoms with E-state index in [0.717, 1.165) is 5.52 Å². The Kier molecular flexibility index (Phi) is 4.04. The molecule has 3 aromatic rings. The smallest absolute Gasteiger partial charge is 0.261 e. The fourth-order valence-corrected chi connectivity index (χ4v) is 3.06. The SMILES string of the molecule is Cc1cc(C(C)(C)C)cc(C)c1Cn1cnc2ccccc2c1=O. The Balaban J connectivity index is 2.06. The Morgan fingerprint density at radius 1 is 1.04 bits per heavy atom. The van der Waals surface area contributed by atoms with Crippen LogP contribution in [0.5, 0.6) is 0 Å². The number of rotatable bonds is 2. The lowest BCUT2D eigenvalue weighted by molar-refractivity contribution is 0.588. The molecule has 0 N–H and O–H groups in total. The standard InChI is InChI=1S/C21H24N2O/c1-14-10-16(21(3,4)5)11-15(2)18(14)12-23-13-22-19-9-7-6-8-17(19)20(23)24/h6-11,13H,12H2,1-5H3. The molecule has 1 heterocycles. The van der Waals surface area contributed by atoms with Gasteiger partial charge >= 0.3 is 0 Å². The fraction of sp³-hybridized carbons (Fsp3) is 0.333. The van der Waals surface area contributed by atoms with Crippen LogP contribution < -0.4 is 5.56 Å². The van der Waals surface area contributed by atoms with Crippen LogP contribution in [0.3, 0.4) is 0 Å². The van der Waals surface area contributed by atoms with Crippen LogP contribution in [0.15, 0.2) is 47.5 Å². The second-order valence-corrected chi connectivity index (χ2v) is 7.53. The molecule has 0 saturated heterocycles. The molecule has 2 aromatic carbocycles. The summed E-state index contributed by atoms with van der Waals surface area (Å²) in [4.78, 5) is 17.1. The third-order valence-corrected chi connectivity index (χ3v) is 4.62. The van der Waals surface area contributed by atoms with Crippen LogP contribution in [0.2, 0.25) is 0 Å². The summed E-state index contributed by atoms with van der Waals surface area (Å²) < 4.78 is 1.70. The highest BCUT2D eigenvalue weighted by molar-refractivity contribution is 5.76. The van der Waals surface area contributed by atoms with Crippen molar-refractivity contribution in [3.63, 3.8) is 0 Å². The molecule has 3 heteroatoms. The maximum atomic E-state index is 12.7. The van der Waals surface area contributed by atoms with Crippen molar-refractivity contribution in [2.45, 2.75) is 46.6 Å². The highest BCUT2D eigenvalue weighted by Gasteiger charge is 2.16. The lowest BCUT2D eigenvalue weighted by Gasteiger charge is -2.22. The molecule has 24 heavy (non-hydrogen) atoms. The fourth-order valence-electron chi connectivity index (χ4n) is 3.06. The van der Waals surface area contributed by atoms with Gasteiger partial charge in [-0.25, -0.2) is 4.98 Å². The molecular weight excluding hydrogens is 296 g/mol. The zero-order valence-electron chi connectivity index (χ0n) is 15.1. The zero-order chi connectivity index (χ0) is 17.5. The molecule has 0 aliphatic rings. The van der Waals surface area contributed by atoms with Gasteiger partial charge in [0.2, 0.25) is 0 Å². The van der Waals surface area contributed by atoms with Crippen molar-refractivity contribution >= 4 is 10.9 Å². The second-order valence-electron chi connectivity index (χ2n) is 7.53. The van der Waals surface area contributed by atoms with Crippen molar-refractivity contribution in [3.8, 4) is 0 Å². The largest absolute Gasteiger partial charge is 0.294 e. The predicted octanol–water partition coefficient (Wildman–Crippen LogP) is 4.36. The van der Waals surface area contributed by atoms with E-state index in [0.29, 0.717) is 11.9 Å². The van der Waals surface area contributed by atoms with E-state index in [4.69, 9.17) is 0 Å². The molecule has 3 rings (SSSR count). The van der Waals surface area contributed by atoms with E-state index in [1.54, 1.807) is 10.9 Å². The predicted molar refractivity (Wildman–Crippen MR) is 99.7 cm³/mol. The van der Waals surface area contributed by atoms with Crippen molar-refractivity contribution in [2.24, 2.45) is 0 Å². The molecule has 0 spiro atoms. The summed E-state index contributed by atoms with van der Waals surface area (Å²) >= 11 is 0. The maximum absolute atomic E-state index is 12.7. The average molecular weight is 320 g/mol. The van der Waals surface area contributed by atoms with E-state index in [-0.39, 0.29) is 11.0 Å². The molecule has 3 nitrogen and oxygen atoms in total. The number of fused-ring (bicyclic) bond motifs is 1. The number of benzene rings is 2. The molecule has 1 aromatic heterocycles. The first-order chi connectivity index (χ1) is 11.3. The van der Waals surface area contributed by atoms with Gasteiger partial charge in [-0.05, 0) is 53.6 Å². The Morgan fingerprint density at radius 2 is 1.67 bits per heavy atom. The van der Waals surface area contributed by atoms with Crippen molar-refractivity contribution in [1.82, 2.24) is 9.55 Å². The third-order valence-electron chi connectivity index (χ3n) is 4.62. The molecule has 0 aliphatic heterocycles. The molecular formula is C21H24N2O. The Morgan fingerprint density at radius 3 is 2.29 bits per heavy atom. The van der Waals surface area contributed by atoms with Crippen LogP contribution in [-0.2, 0) is 12.0 Å². The van der Waals surface area contributed by atoms with E-state index >= 15 is 0 Å². The number of nitrogens with zero attached hydrogens (tertiary/aromatic N) is 2. The minimum Gasteiger partial charge on any atom is -0.294 e. The van der Waals surface area contributed by atoms with Crippen molar-refractivity contribution in [1.29, 1.82) is 0 Å². The first kappa shape index (κ1) is 16.4. The van der Waals surface area contributed by atoms with E-state index in [1.165, 1.54) is 22.3 Å². The van der Waals surface area contributed by atoms with Gasteiger partial charge in [-0.15, -0.1) is 0 Å². The molecule has 0 saturated carbocycles. The molecule has 0 aliphatic carbocycles. The number of aromatic nitrogens is 2. The van der Waals surface area contributed by atoms with Gasteiger partial charge in [0, 0.05) is 0 Å². The summed E-state index contributed by atoms with van der Waals surface area (Å²) in [6.45, 7) is 11.5. The third kappa shape index (κ3) is 2.99. The van der Waals surface area contributed by atoms with Gasteiger partial charge in [-0.2, -0.15) is 0 Å².